The Balaban J connectivity index is 2.47. The number of nitrogens with one attached hydrogen (secondary N) is 1. The molecule has 0 bridgehead atoms. The van der Waals surface area contributed by atoms with E-state index in [4.69, 9.17) is 12.2 Å². The van der Waals surface area contributed by atoms with Gasteiger partial charge in [-0.25, -0.2) is 0 Å². The normalized spacial score (nSPS) is 9.65. The van der Waals surface area contributed by atoms with E-state index < -0.39 is 0 Å². The van der Waals surface area contributed by atoms with E-state index in [1.165, 1.54) is 0 Å². The molecule has 0 unspecified atom stereocenters. The molecule has 0 aromatic heterocycles. The van der Waals surface area contributed by atoms with Gasteiger partial charge in [-0.2, -0.15) is 0 Å². The van der Waals surface area contributed by atoms with E-state index in [-0.39, 0.29) is 5.91 Å². The molecule has 0 radical (unpaired) electrons. The number of nitrogens with two attached hydrogens (primary N) is 1. The molecule has 0 aliphatic rings. The zero-order chi connectivity index (χ0) is 12.7. The summed E-state index contributed by atoms with van der Waals surface area (Å²) in [5.74, 6) is 3.88. The van der Waals surface area contributed by atoms with Crippen LogP contribution in [-0.4, -0.2) is 24.0 Å². The van der Waals surface area contributed by atoms with Crippen LogP contribution in [0.4, 0.5) is 5.69 Å². The lowest BCUT2D eigenvalue weighted by Gasteiger charge is -2.07. The van der Waals surface area contributed by atoms with Crippen LogP contribution in [0.25, 0.3) is 0 Å². The van der Waals surface area contributed by atoms with Crippen molar-refractivity contribution in [3.63, 3.8) is 0 Å². The van der Waals surface area contributed by atoms with Gasteiger partial charge >= 0.3 is 0 Å². The summed E-state index contributed by atoms with van der Waals surface area (Å²) in [5.41, 5.74) is 7.81. The topological polar surface area (TPSA) is 55.1 Å². The molecule has 1 aromatic carbocycles. The summed E-state index contributed by atoms with van der Waals surface area (Å²) >= 11 is 1.62. The van der Waals surface area contributed by atoms with E-state index in [1.807, 2.05) is 13.0 Å². The summed E-state index contributed by atoms with van der Waals surface area (Å²) in [5, 5.41) is 2.82. The molecule has 1 rings (SSSR count). The van der Waals surface area contributed by atoms with E-state index in [0.29, 0.717) is 23.5 Å². The summed E-state index contributed by atoms with van der Waals surface area (Å²) in [6.07, 6.45) is 5.12. The van der Waals surface area contributed by atoms with Gasteiger partial charge < -0.3 is 11.1 Å². The lowest BCUT2D eigenvalue weighted by molar-refractivity contribution is 0.0957. The van der Waals surface area contributed by atoms with E-state index in [2.05, 4.69) is 11.2 Å². The second-order valence-electron chi connectivity index (χ2n) is 3.60. The van der Waals surface area contributed by atoms with Gasteiger partial charge in [0.2, 0.25) is 0 Å². The maximum Gasteiger partial charge on any atom is 0.253 e. The van der Waals surface area contributed by atoms with Gasteiger partial charge in [-0.15, -0.1) is 18.2 Å². The fourth-order valence-corrected chi connectivity index (χ4v) is 1.84. The van der Waals surface area contributed by atoms with Crippen molar-refractivity contribution in [2.24, 2.45) is 0 Å². The second kappa shape index (κ2) is 6.87. The Bertz CT molecular complexity index is 438. The third-order valence-corrected chi connectivity index (χ3v) is 3.03. The second-order valence-corrected chi connectivity index (χ2v) is 4.71. The maximum atomic E-state index is 11.8. The first-order valence-corrected chi connectivity index (χ1v) is 6.46. The number of anilines is 1. The molecule has 0 fully saturated rings. The molecule has 0 heterocycles. The first kappa shape index (κ1) is 13.5. The number of hydrogen-bond acceptors (Lipinski definition) is 3. The van der Waals surface area contributed by atoms with Crippen LogP contribution in [0.15, 0.2) is 18.2 Å². The van der Waals surface area contributed by atoms with Crippen molar-refractivity contribution in [3.05, 3.63) is 29.3 Å². The molecule has 1 aromatic rings. The molecule has 0 spiro atoms. The zero-order valence-corrected chi connectivity index (χ0v) is 10.6. The first-order chi connectivity index (χ1) is 8.15. The van der Waals surface area contributed by atoms with Crippen molar-refractivity contribution < 1.29 is 4.79 Å². The molecule has 17 heavy (non-hydrogen) atoms. The van der Waals surface area contributed by atoms with Crippen LogP contribution in [0.1, 0.15) is 15.9 Å². The smallest absolute Gasteiger partial charge is 0.253 e. The highest BCUT2D eigenvalue weighted by atomic mass is 32.2. The van der Waals surface area contributed by atoms with E-state index >= 15 is 0 Å². The molecule has 3 nitrogen and oxygen atoms in total. The number of terminal acetylenes is 1. The van der Waals surface area contributed by atoms with Gasteiger partial charge in [-0.05, 0) is 19.1 Å². The number of benzene rings is 1. The third-order valence-electron chi connectivity index (χ3n) is 2.17. The van der Waals surface area contributed by atoms with E-state index in [1.54, 1.807) is 23.9 Å². The van der Waals surface area contributed by atoms with Gasteiger partial charge in [0, 0.05) is 18.0 Å². The SMILES string of the molecule is C#CCSCCNC(=O)c1cc(C)ccc1N. The number of carbonyl (C=O) groups is 1. The monoisotopic (exact) mass is 248 g/mol. The van der Waals surface area contributed by atoms with Crippen LogP contribution < -0.4 is 11.1 Å². The van der Waals surface area contributed by atoms with E-state index in [9.17, 15) is 4.79 Å². The van der Waals surface area contributed by atoms with Gasteiger partial charge in [0.25, 0.3) is 5.91 Å². The largest absolute Gasteiger partial charge is 0.398 e. The molecule has 0 aliphatic carbocycles. The van der Waals surface area contributed by atoms with Gasteiger partial charge in [0.15, 0.2) is 0 Å². The quantitative estimate of drug-likeness (QED) is 0.473. The number of amides is 1. The Labute approximate surface area is 106 Å². The highest BCUT2D eigenvalue weighted by molar-refractivity contribution is 7.99. The Morgan fingerprint density at radius 2 is 2.35 bits per heavy atom. The first-order valence-electron chi connectivity index (χ1n) is 5.30. The minimum atomic E-state index is -0.132. The lowest BCUT2D eigenvalue weighted by atomic mass is 10.1. The summed E-state index contributed by atoms with van der Waals surface area (Å²) in [6, 6.07) is 5.42. The maximum absolute atomic E-state index is 11.8. The fourth-order valence-electron chi connectivity index (χ4n) is 1.33. The molecule has 1 amide bonds. The fraction of sp³-hybridized carbons (Fsp3) is 0.308. The molecular formula is C13H16N2OS. The average molecular weight is 248 g/mol. The van der Waals surface area contributed by atoms with Crippen molar-refractivity contribution >= 4 is 23.4 Å². The Morgan fingerprint density at radius 1 is 1.59 bits per heavy atom. The molecule has 3 N–H and O–H groups in total. The van der Waals surface area contributed by atoms with Crippen LogP contribution in [-0.2, 0) is 0 Å². The van der Waals surface area contributed by atoms with Crippen molar-refractivity contribution in [1.82, 2.24) is 5.32 Å². The minimum Gasteiger partial charge on any atom is -0.398 e. The van der Waals surface area contributed by atoms with Crippen LogP contribution >= 0.6 is 11.8 Å². The molecule has 0 aliphatic heterocycles. The number of nitrogen functional groups attached to an aromatic ring is 1. The molecule has 4 heteroatoms. The molecule has 0 atom stereocenters. The van der Waals surface area contributed by atoms with Crippen molar-refractivity contribution in [1.29, 1.82) is 0 Å². The summed E-state index contributed by atoms with van der Waals surface area (Å²) in [7, 11) is 0. The standard InChI is InChI=1S/C13H16N2OS/c1-3-7-17-8-6-15-13(16)11-9-10(2)4-5-12(11)14/h1,4-5,9H,6-8,14H2,2H3,(H,15,16). The highest BCUT2D eigenvalue weighted by Crippen LogP contribution is 2.13. The zero-order valence-electron chi connectivity index (χ0n) is 9.82. The summed E-state index contributed by atoms with van der Waals surface area (Å²) < 4.78 is 0. The molecule has 0 saturated heterocycles. The third kappa shape index (κ3) is 4.41. The van der Waals surface area contributed by atoms with Gasteiger partial charge in [-0.1, -0.05) is 17.6 Å². The highest BCUT2D eigenvalue weighted by Gasteiger charge is 2.08. The van der Waals surface area contributed by atoms with Crippen LogP contribution in [0.3, 0.4) is 0 Å². The number of hydrogen-bond donors (Lipinski definition) is 2. The molecule has 90 valence electrons. The minimum absolute atomic E-state index is 0.132. The van der Waals surface area contributed by atoms with Crippen LogP contribution in [0.2, 0.25) is 0 Å². The number of rotatable bonds is 5. The Hall–Kier alpha value is -1.60. The molecule has 0 saturated carbocycles. The number of aryl methyl sites for hydroxylation is 1. The Morgan fingerprint density at radius 3 is 3.06 bits per heavy atom. The van der Waals surface area contributed by atoms with E-state index in [0.717, 1.165) is 11.3 Å². The predicted molar refractivity (Wildman–Crippen MR) is 74.1 cm³/mol. The predicted octanol–water partition coefficient (Wildman–Crippen LogP) is 1.67. The van der Waals surface area contributed by atoms with Crippen molar-refractivity contribution in [3.8, 4) is 12.3 Å². The van der Waals surface area contributed by atoms with Crippen molar-refractivity contribution in [2.45, 2.75) is 6.92 Å². The molecular weight excluding hydrogens is 232 g/mol. The summed E-state index contributed by atoms with van der Waals surface area (Å²) in [6.45, 7) is 2.53. The Kier molecular flexibility index (Phi) is 5.44. The lowest BCUT2D eigenvalue weighted by Crippen LogP contribution is -2.26. The summed E-state index contributed by atoms with van der Waals surface area (Å²) in [4.78, 5) is 11.8. The van der Waals surface area contributed by atoms with Crippen molar-refractivity contribution in [2.75, 3.05) is 23.8 Å². The number of thioether (sulfide) groups is 1. The van der Waals surface area contributed by atoms with Crippen LogP contribution in [0, 0.1) is 19.3 Å². The number of carbonyl (C=O) groups excluding carboxylic acids is 1. The average Bonchev–Trinajstić information content (AvgIpc) is 2.32. The van der Waals surface area contributed by atoms with Gasteiger partial charge in [-0.3, -0.25) is 4.79 Å². The van der Waals surface area contributed by atoms with Crippen LogP contribution in [0.5, 0.6) is 0 Å². The van der Waals surface area contributed by atoms with Gasteiger partial charge in [0.1, 0.15) is 0 Å². The van der Waals surface area contributed by atoms with Gasteiger partial charge in [0.05, 0.1) is 11.3 Å².